The summed E-state index contributed by atoms with van der Waals surface area (Å²) in [5.41, 5.74) is 1.33. The summed E-state index contributed by atoms with van der Waals surface area (Å²) in [6.07, 6.45) is 3.71. The quantitative estimate of drug-likeness (QED) is 0.914. The Morgan fingerprint density at radius 1 is 1.32 bits per heavy atom. The topological polar surface area (TPSA) is 42.3 Å². The van der Waals surface area contributed by atoms with Gasteiger partial charge in [-0.3, -0.25) is 4.90 Å². The zero-order valence-electron chi connectivity index (χ0n) is 13.3. The Balaban J connectivity index is 1.52. The molecule has 0 bridgehead atoms. The Bertz CT molecular complexity index is 593. The van der Waals surface area contributed by atoms with Crippen LogP contribution in [0.15, 0.2) is 36.7 Å². The van der Waals surface area contributed by atoms with Gasteiger partial charge in [-0.25, -0.2) is 4.98 Å². The summed E-state index contributed by atoms with van der Waals surface area (Å²) >= 11 is 0. The lowest BCUT2D eigenvalue weighted by Gasteiger charge is -2.31. The van der Waals surface area contributed by atoms with Crippen molar-refractivity contribution in [2.24, 2.45) is 7.05 Å². The minimum Gasteiger partial charge on any atom is -0.486 e. The second-order valence-electron chi connectivity index (χ2n) is 5.98. The Labute approximate surface area is 131 Å². The average molecular weight is 300 g/mol. The van der Waals surface area contributed by atoms with Gasteiger partial charge in [-0.15, -0.1) is 0 Å². The molecule has 3 rings (SSSR count). The molecule has 1 N–H and O–H groups in total. The van der Waals surface area contributed by atoms with Gasteiger partial charge in [-0.1, -0.05) is 12.1 Å². The molecule has 0 amide bonds. The predicted molar refractivity (Wildman–Crippen MR) is 86.7 cm³/mol. The first-order valence-corrected chi connectivity index (χ1v) is 7.84. The van der Waals surface area contributed by atoms with Crippen LogP contribution >= 0.6 is 0 Å². The monoisotopic (exact) mass is 300 g/mol. The van der Waals surface area contributed by atoms with Gasteiger partial charge in [0.25, 0.3) is 0 Å². The number of rotatable bonds is 5. The van der Waals surface area contributed by atoms with E-state index in [1.165, 1.54) is 5.56 Å². The highest BCUT2D eigenvalue weighted by molar-refractivity contribution is 5.27. The Morgan fingerprint density at radius 3 is 2.82 bits per heavy atom. The molecule has 22 heavy (non-hydrogen) atoms. The van der Waals surface area contributed by atoms with Crippen molar-refractivity contribution in [3.63, 3.8) is 0 Å². The molecule has 1 aromatic heterocycles. The van der Waals surface area contributed by atoms with Gasteiger partial charge in [0.15, 0.2) is 0 Å². The number of imidazole rings is 1. The molecule has 0 radical (unpaired) electrons. The molecule has 0 unspecified atom stereocenters. The van der Waals surface area contributed by atoms with Crippen LogP contribution in [0.2, 0.25) is 0 Å². The Kier molecular flexibility index (Phi) is 4.75. The number of benzene rings is 1. The fourth-order valence-electron chi connectivity index (χ4n) is 2.79. The van der Waals surface area contributed by atoms with Gasteiger partial charge in [-0.2, -0.15) is 0 Å². The lowest BCUT2D eigenvalue weighted by atomic mass is 10.1. The molecule has 1 aromatic carbocycles. The van der Waals surface area contributed by atoms with Crippen LogP contribution in [0.1, 0.15) is 18.3 Å². The zero-order valence-corrected chi connectivity index (χ0v) is 13.3. The van der Waals surface area contributed by atoms with Crippen molar-refractivity contribution in [2.75, 3.05) is 19.6 Å². The van der Waals surface area contributed by atoms with E-state index in [9.17, 15) is 0 Å². The van der Waals surface area contributed by atoms with Crippen LogP contribution in [0, 0.1) is 0 Å². The van der Waals surface area contributed by atoms with Gasteiger partial charge in [0.2, 0.25) is 0 Å². The number of aryl methyl sites for hydroxylation is 1. The first-order valence-electron chi connectivity index (χ1n) is 7.84. The molecule has 0 saturated carbocycles. The van der Waals surface area contributed by atoms with Crippen LogP contribution in [0.4, 0.5) is 0 Å². The first-order chi connectivity index (χ1) is 10.7. The van der Waals surface area contributed by atoms with E-state index in [0.717, 1.165) is 37.8 Å². The van der Waals surface area contributed by atoms with Crippen LogP contribution in [0.3, 0.4) is 0 Å². The van der Waals surface area contributed by atoms with E-state index in [0.29, 0.717) is 12.6 Å². The van der Waals surface area contributed by atoms with Gasteiger partial charge in [0.1, 0.15) is 18.2 Å². The van der Waals surface area contributed by atoms with E-state index in [1.54, 1.807) is 6.20 Å². The Hall–Kier alpha value is -1.85. The molecular weight excluding hydrogens is 276 g/mol. The minimum absolute atomic E-state index is 0.498. The normalized spacial score (nSPS) is 19.3. The molecule has 2 heterocycles. The highest BCUT2D eigenvalue weighted by atomic mass is 16.5. The fraction of sp³-hybridized carbons (Fsp3) is 0.471. The standard InChI is InChI=1S/C17H24N4O/c1-14-11-21(10-8-18-14)12-15-3-5-16(6-4-15)22-13-17-19-7-9-20(17)2/h3-7,9,14,18H,8,10-13H2,1-2H3/t14-/m1/s1. The van der Waals surface area contributed by atoms with Gasteiger partial charge in [0, 0.05) is 51.7 Å². The van der Waals surface area contributed by atoms with Crippen molar-refractivity contribution in [2.45, 2.75) is 26.1 Å². The van der Waals surface area contributed by atoms with E-state index < -0.39 is 0 Å². The van der Waals surface area contributed by atoms with E-state index in [4.69, 9.17) is 4.74 Å². The van der Waals surface area contributed by atoms with Gasteiger partial charge in [-0.05, 0) is 24.6 Å². The molecule has 0 spiro atoms. The van der Waals surface area contributed by atoms with Crippen molar-refractivity contribution >= 4 is 0 Å². The maximum Gasteiger partial charge on any atom is 0.146 e. The lowest BCUT2D eigenvalue weighted by molar-refractivity contribution is 0.199. The average Bonchev–Trinajstić information content (AvgIpc) is 2.92. The number of aromatic nitrogens is 2. The van der Waals surface area contributed by atoms with E-state index in [-0.39, 0.29) is 0 Å². The number of hydrogen-bond acceptors (Lipinski definition) is 4. The number of hydrogen-bond donors (Lipinski definition) is 1. The SMILES string of the molecule is C[C@@H]1CN(Cc2ccc(OCc3nccn3C)cc2)CCN1. The molecule has 5 nitrogen and oxygen atoms in total. The fourth-order valence-corrected chi connectivity index (χ4v) is 2.79. The molecule has 1 saturated heterocycles. The van der Waals surface area contributed by atoms with Gasteiger partial charge >= 0.3 is 0 Å². The van der Waals surface area contributed by atoms with Crippen molar-refractivity contribution < 1.29 is 4.74 Å². The number of nitrogens with one attached hydrogen (secondary N) is 1. The summed E-state index contributed by atoms with van der Waals surface area (Å²) < 4.78 is 7.76. The summed E-state index contributed by atoms with van der Waals surface area (Å²) in [7, 11) is 1.98. The third-order valence-electron chi connectivity index (χ3n) is 4.07. The highest BCUT2D eigenvalue weighted by Crippen LogP contribution is 2.15. The second-order valence-corrected chi connectivity index (χ2v) is 5.98. The smallest absolute Gasteiger partial charge is 0.146 e. The largest absolute Gasteiger partial charge is 0.486 e. The third kappa shape index (κ3) is 3.87. The van der Waals surface area contributed by atoms with Crippen LogP contribution in [0.5, 0.6) is 5.75 Å². The van der Waals surface area contributed by atoms with Crippen LogP contribution in [-0.2, 0) is 20.2 Å². The van der Waals surface area contributed by atoms with E-state index in [1.807, 2.05) is 29.9 Å². The summed E-state index contributed by atoms with van der Waals surface area (Å²) in [5, 5.41) is 3.47. The van der Waals surface area contributed by atoms with Gasteiger partial charge in [0.05, 0.1) is 0 Å². The molecule has 2 aromatic rings. The first kappa shape index (κ1) is 15.1. The molecule has 1 aliphatic rings. The number of piperazine rings is 1. The van der Waals surface area contributed by atoms with Crippen LogP contribution < -0.4 is 10.1 Å². The molecule has 1 atom stereocenters. The maximum absolute atomic E-state index is 5.79. The van der Waals surface area contributed by atoms with Gasteiger partial charge < -0.3 is 14.6 Å². The molecular formula is C17H24N4O. The Morgan fingerprint density at radius 2 is 2.14 bits per heavy atom. The predicted octanol–water partition coefficient (Wildman–Crippen LogP) is 1.79. The van der Waals surface area contributed by atoms with Crippen LogP contribution in [0.25, 0.3) is 0 Å². The van der Waals surface area contributed by atoms with Crippen molar-refractivity contribution in [1.29, 1.82) is 0 Å². The van der Waals surface area contributed by atoms with Crippen molar-refractivity contribution in [1.82, 2.24) is 19.8 Å². The molecule has 1 fully saturated rings. The summed E-state index contributed by atoms with van der Waals surface area (Å²) in [6, 6.07) is 8.98. The maximum atomic E-state index is 5.79. The summed E-state index contributed by atoms with van der Waals surface area (Å²) in [4.78, 5) is 6.75. The van der Waals surface area contributed by atoms with Crippen molar-refractivity contribution in [3.05, 3.63) is 48.0 Å². The van der Waals surface area contributed by atoms with E-state index in [2.05, 4.69) is 34.3 Å². The zero-order chi connectivity index (χ0) is 15.4. The molecule has 5 heteroatoms. The lowest BCUT2D eigenvalue weighted by Crippen LogP contribution is -2.48. The number of ether oxygens (including phenoxy) is 1. The third-order valence-corrected chi connectivity index (χ3v) is 4.07. The molecule has 1 aliphatic heterocycles. The molecule has 0 aliphatic carbocycles. The second kappa shape index (κ2) is 6.94. The van der Waals surface area contributed by atoms with E-state index >= 15 is 0 Å². The summed E-state index contributed by atoms with van der Waals surface area (Å²) in [5.74, 6) is 1.82. The number of nitrogens with zero attached hydrogens (tertiary/aromatic N) is 3. The van der Waals surface area contributed by atoms with Crippen LogP contribution in [-0.4, -0.2) is 40.1 Å². The highest BCUT2D eigenvalue weighted by Gasteiger charge is 2.15. The van der Waals surface area contributed by atoms with Crippen molar-refractivity contribution in [3.8, 4) is 5.75 Å². The molecule has 118 valence electrons. The summed E-state index contributed by atoms with van der Waals surface area (Å²) in [6.45, 7) is 7.04. The minimum atomic E-state index is 0.498.